The van der Waals surface area contributed by atoms with Crippen LogP contribution >= 0.6 is 11.3 Å². The molecule has 0 fully saturated rings. The summed E-state index contributed by atoms with van der Waals surface area (Å²) in [5.74, 6) is -0.261. The predicted molar refractivity (Wildman–Crippen MR) is 88.2 cm³/mol. The topological polar surface area (TPSA) is 49.4 Å². The molecule has 1 aromatic heterocycles. The molecule has 0 radical (unpaired) electrons. The molecule has 2 amide bonds. The lowest BCUT2D eigenvalue weighted by Gasteiger charge is -2.15. The average molecular weight is 314 g/mol. The Morgan fingerprint density at radius 3 is 2.73 bits per heavy atom. The number of likely N-dealkylation sites (N-methyl/N-ethyl adjacent to an activating group) is 2. The molecule has 114 valence electrons. The quantitative estimate of drug-likeness (QED) is 0.945. The third kappa shape index (κ3) is 2.64. The second-order valence-corrected chi connectivity index (χ2v) is 6.51. The number of rotatable bonds is 3. The van der Waals surface area contributed by atoms with E-state index in [2.05, 4.69) is 23.5 Å². The Morgan fingerprint density at radius 1 is 1.23 bits per heavy atom. The zero-order chi connectivity index (χ0) is 15.7. The van der Waals surface area contributed by atoms with Gasteiger partial charge in [0.1, 0.15) is 0 Å². The first kappa shape index (κ1) is 14.8. The third-order valence-electron chi connectivity index (χ3n) is 3.95. The number of benzene rings is 1. The molecule has 22 heavy (non-hydrogen) atoms. The van der Waals surface area contributed by atoms with Crippen molar-refractivity contribution in [3.63, 3.8) is 0 Å². The molecule has 1 N–H and O–H groups in total. The van der Waals surface area contributed by atoms with E-state index in [4.69, 9.17) is 0 Å². The Labute approximate surface area is 133 Å². The van der Waals surface area contributed by atoms with Gasteiger partial charge in [-0.05, 0) is 35.6 Å². The van der Waals surface area contributed by atoms with E-state index in [0.717, 1.165) is 12.8 Å². The maximum atomic E-state index is 12.5. The molecule has 0 aliphatic heterocycles. The molecule has 0 unspecified atom stereocenters. The first-order chi connectivity index (χ1) is 10.6. The molecule has 0 spiro atoms. The molecule has 5 heteroatoms. The maximum Gasteiger partial charge on any atom is 0.264 e. The fraction of sp³-hybridized carbons (Fsp3) is 0.294. The van der Waals surface area contributed by atoms with Gasteiger partial charge in [-0.1, -0.05) is 24.3 Å². The van der Waals surface area contributed by atoms with Crippen LogP contribution in [0.4, 0.5) is 0 Å². The van der Waals surface area contributed by atoms with Gasteiger partial charge < -0.3 is 10.2 Å². The van der Waals surface area contributed by atoms with Gasteiger partial charge in [0.15, 0.2) is 0 Å². The summed E-state index contributed by atoms with van der Waals surface area (Å²) in [5, 5.41) is 2.53. The van der Waals surface area contributed by atoms with Crippen molar-refractivity contribution >= 4 is 23.2 Å². The van der Waals surface area contributed by atoms with Gasteiger partial charge in [0, 0.05) is 19.0 Å². The van der Waals surface area contributed by atoms with Crippen molar-refractivity contribution in [2.75, 3.05) is 20.6 Å². The summed E-state index contributed by atoms with van der Waals surface area (Å²) in [6.45, 7) is 0.0779. The number of fused-ring (bicyclic) bond motifs is 3. The summed E-state index contributed by atoms with van der Waals surface area (Å²) in [6, 6.07) is 10.3. The minimum atomic E-state index is -0.164. The number of hydrogen-bond acceptors (Lipinski definition) is 3. The number of nitrogens with one attached hydrogen (secondary N) is 1. The molecule has 1 aliphatic rings. The Hall–Kier alpha value is -2.14. The smallest absolute Gasteiger partial charge is 0.264 e. The van der Waals surface area contributed by atoms with Gasteiger partial charge in [-0.15, -0.1) is 11.3 Å². The Morgan fingerprint density at radius 2 is 1.95 bits per heavy atom. The summed E-state index contributed by atoms with van der Waals surface area (Å²) in [4.78, 5) is 27.3. The Bertz CT molecular complexity index is 736. The number of carbonyl (C=O) groups excluding carboxylic acids is 2. The van der Waals surface area contributed by atoms with Gasteiger partial charge in [0.2, 0.25) is 5.91 Å². The molecule has 0 bridgehead atoms. The van der Waals surface area contributed by atoms with Gasteiger partial charge in [0.05, 0.1) is 11.4 Å². The molecule has 1 aliphatic carbocycles. The van der Waals surface area contributed by atoms with Crippen LogP contribution in [0.3, 0.4) is 0 Å². The molecule has 0 atom stereocenters. The predicted octanol–water partition coefficient (Wildman–Crippen LogP) is 2.33. The van der Waals surface area contributed by atoms with Crippen LogP contribution in [0.1, 0.15) is 20.8 Å². The number of nitrogens with zero attached hydrogens (tertiary/aromatic N) is 1. The average Bonchev–Trinajstić information content (AvgIpc) is 2.98. The highest BCUT2D eigenvalue weighted by Gasteiger charge is 2.23. The van der Waals surface area contributed by atoms with E-state index in [9.17, 15) is 9.59 Å². The van der Waals surface area contributed by atoms with Crippen LogP contribution in [0.15, 0.2) is 30.3 Å². The Balaban J connectivity index is 1.88. The minimum absolute atomic E-state index is 0.0779. The van der Waals surface area contributed by atoms with Crippen LogP contribution in [0.5, 0.6) is 0 Å². The number of aryl methyl sites for hydroxylation is 2. The lowest BCUT2D eigenvalue weighted by molar-refractivity contribution is -0.121. The fourth-order valence-corrected chi connectivity index (χ4v) is 4.00. The van der Waals surface area contributed by atoms with Crippen molar-refractivity contribution < 1.29 is 9.59 Å². The van der Waals surface area contributed by atoms with Gasteiger partial charge in [0.25, 0.3) is 5.91 Å². The lowest BCUT2D eigenvalue weighted by atomic mass is 9.91. The summed E-state index contributed by atoms with van der Waals surface area (Å²) < 4.78 is 0. The van der Waals surface area contributed by atoms with Crippen LogP contribution in [0.2, 0.25) is 0 Å². The molecule has 0 saturated heterocycles. The highest BCUT2D eigenvalue weighted by Crippen LogP contribution is 2.39. The van der Waals surface area contributed by atoms with Gasteiger partial charge in [-0.25, -0.2) is 0 Å². The number of amides is 2. The van der Waals surface area contributed by atoms with Crippen molar-refractivity contribution in [2.24, 2.45) is 0 Å². The molecular weight excluding hydrogens is 296 g/mol. The second kappa shape index (κ2) is 5.93. The van der Waals surface area contributed by atoms with Crippen molar-refractivity contribution in [2.45, 2.75) is 12.8 Å². The van der Waals surface area contributed by atoms with Gasteiger partial charge in [-0.3, -0.25) is 9.59 Å². The monoisotopic (exact) mass is 314 g/mol. The molecular formula is C17H18N2O2S. The number of carbonyl (C=O) groups is 2. The number of thiophene rings is 1. The summed E-state index contributed by atoms with van der Waals surface area (Å²) in [5.41, 5.74) is 3.82. The normalized spacial score (nSPS) is 12.3. The minimum Gasteiger partial charge on any atom is -0.358 e. The zero-order valence-electron chi connectivity index (χ0n) is 12.7. The summed E-state index contributed by atoms with van der Waals surface area (Å²) in [6.07, 6.45) is 1.98. The molecule has 0 saturated carbocycles. The van der Waals surface area contributed by atoms with Crippen molar-refractivity contribution in [1.82, 2.24) is 10.2 Å². The van der Waals surface area contributed by atoms with Crippen LogP contribution in [0, 0.1) is 0 Å². The van der Waals surface area contributed by atoms with E-state index in [1.165, 1.54) is 37.8 Å². The summed E-state index contributed by atoms with van der Waals surface area (Å²) >= 11 is 1.53. The van der Waals surface area contributed by atoms with Crippen molar-refractivity contribution in [3.05, 3.63) is 46.3 Å². The largest absolute Gasteiger partial charge is 0.358 e. The highest BCUT2D eigenvalue weighted by molar-refractivity contribution is 7.17. The van der Waals surface area contributed by atoms with E-state index in [0.29, 0.717) is 4.88 Å². The van der Waals surface area contributed by atoms with E-state index in [-0.39, 0.29) is 18.4 Å². The first-order valence-corrected chi connectivity index (χ1v) is 8.09. The number of hydrogen-bond donors (Lipinski definition) is 1. The van der Waals surface area contributed by atoms with Crippen molar-refractivity contribution in [3.8, 4) is 10.4 Å². The van der Waals surface area contributed by atoms with Crippen LogP contribution in [-0.4, -0.2) is 37.4 Å². The molecule has 3 rings (SSSR count). The molecule has 4 nitrogen and oxygen atoms in total. The van der Waals surface area contributed by atoms with E-state index < -0.39 is 0 Å². The SMILES string of the molecule is CNC(=O)CN(C)C(=O)c1cc2c(s1)-c1ccccc1CC2. The fourth-order valence-electron chi connectivity index (χ4n) is 2.73. The van der Waals surface area contributed by atoms with E-state index >= 15 is 0 Å². The highest BCUT2D eigenvalue weighted by atomic mass is 32.1. The first-order valence-electron chi connectivity index (χ1n) is 7.27. The van der Waals surface area contributed by atoms with Crippen LogP contribution < -0.4 is 5.32 Å². The Kier molecular flexibility index (Phi) is 3.98. The van der Waals surface area contributed by atoms with Crippen LogP contribution in [0.25, 0.3) is 10.4 Å². The van der Waals surface area contributed by atoms with E-state index in [1.807, 2.05) is 12.1 Å². The van der Waals surface area contributed by atoms with Gasteiger partial charge in [-0.2, -0.15) is 0 Å². The second-order valence-electron chi connectivity index (χ2n) is 5.46. The summed E-state index contributed by atoms with van der Waals surface area (Å²) in [7, 11) is 3.23. The standard InChI is InChI=1S/C17H18N2O2S/c1-18-15(20)10-19(2)17(21)14-9-12-8-7-11-5-3-4-6-13(11)16(12)22-14/h3-6,9H,7-8,10H2,1-2H3,(H,18,20). The van der Waals surface area contributed by atoms with Gasteiger partial charge >= 0.3 is 0 Å². The molecule has 1 aromatic carbocycles. The van der Waals surface area contributed by atoms with Crippen LogP contribution in [-0.2, 0) is 17.6 Å². The van der Waals surface area contributed by atoms with Crippen molar-refractivity contribution in [1.29, 1.82) is 0 Å². The molecule has 1 heterocycles. The molecule has 2 aromatic rings. The third-order valence-corrected chi connectivity index (χ3v) is 5.15. The lowest BCUT2D eigenvalue weighted by Crippen LogP contribution is -2.36. The maximum absolute atomic E-state index is 12.5. The zero-order valence-corrected chi connectivity index (χ0v) is 13.5. The van der Waals surface area contributed by atoms with E-state index in [1.54, 1.807) is 14.1 Å².